The number of hydrogen-bond acceptors (Lipinski definition) is 12. The van der Waals surface area contributed by atoms with Crippen LogP contribution in [-0.2, 0) is 37.2 Å². The number of nitrogens with one attached hydrogen (secondary N) is 3. The zero-order valence-electron chi connectivity index (χ0n) is 27.2. The molecule has 19 heteroatoms. The van der Waals surface area contributed by atoms with Crippen molar-refractivity contribution in [2.45, 2.75) is 74.0 Å². The molecule has 0 spiro atoms. The van der Waals surface area contributed by atoms with Crippen LogP contribution in [-0.4, -0.2) is 93.6 Å². The van der Waals surface area contributed by atoms with Crippen LogP contribution in [0.2, 0.25) is 0 Å². The molecule has 0 aliphatic heterocycles. The maximum atomic E-state index is 13.0. The number of ether oxygens (including phenoxy) is 1. The Labute approximate surface area is 290 Å². The third kappa shape index (κ3) is 9.29. The molecule has 2 heterocycles. The minimum atomic E-state index is -5.20. The molecule has 1 amide bonds. The molecule has 7 N–H and O–H groups in total. The van der Waals surface area contributed by atoms with E-state index in [4.69, 9.17) is 5.14 Å². The highest BCUT2D eigenvalue weighted by atomic mass is 32.2. The van der Waals surface area contributed by atoms with Crippen LogP contribution in [0.15, 0.2) is 65.8 Å². The summed E-state index contributed by atoms with van der Waals surface area (Å²) in [6.45, 7) is 1.24. The molecule has 0 unspecified atom stereocenters. The summed E-state index contributed by atoms with van der Waals surface area (Å²) in [6.07, 6.45) is -5.58. The summed E-state index contributed by atoms with van der Waals surface area (Å²) in [4.78, 5) is 37.2. The Morgan fingerprint density at radius 1 is 1.06 bits per heavy atom. The lowest BCUT2D eigenvalue weighted by Crippen LogP contribution is -2.42. The van der Waals surface area contributed by atoms with Crippen molar-refractivity contribution in [3.63, 3.8) is 0 Å². The van der Waals surface area contributed by atoms with Gasteiger partial charge >= 0.3 is 12.1 Å². The summed E-state index contributed by atoms with van der Waals surface area (Å²) in [6, 6.07) is 12.3. The van der Waals surface area contributed by atoms with Crippen molar-refractivity contribution in [1.82, 2.24) is 24.8 Å². The topological polar surface area (TPSA) is 224 Å². The summed E-state index contributed by atoms with van der Waals surface area (Å²) >= 11 is 0. The quantitative estimate of drug-likeness (QED) is 0.102. The molecule has 5 atom stereocenters. The van der Waals surface area contributed by atoms with Crippen LogP contribution < -0.4 is 21.1 Å². The number of fused-ring (bicyclic) bond motifs is 1. The third-order valence-electron chi connectivity index (χ3n) is 8.36. The number of hydrogen-bond donors (Lipinski definition) is 6. The van der Waals surface area contributed by atoms with Crippen LogP contribution in [0.5, 0.6) is 0 Å². The van der Waals surface area contributed by atoms with E-state index in [1.54, 1.807) is 49.4 Å². The third-order valence-corrected chi connectivity index (χ3v) is 9.29. The molecule has 51 heavy (non-hydrogen) atoms. The van der Waals surface area contributed by atoms with E-state index >= 15 is 0 Å². The van der Waals surface area contributed by atoms with E-state index in [2.05, 4.69) is 35.6 Å². The monoisotopic (exact) mass is 734 g/mol. The fourth-order valence-electron chi connectivity index (χ4n) is 5.74. The van der Waals surface area contributed by atoms with E-state index in [1.807, 2.05) is 0 Å². The fourth-order valence-corrected chi connectivity index (χ4v) is 6.26. The average molecular weight is 735 g/mol. The van der Waals surface area contributed by atoms with Crippen molar-refractivity contribution < 1.29 is 46.1 Å². The van der Waals surface area contributed by atoms with Crippen LogP contribution in [0.4, 0.5) is 24.9 Å². The first-order valence-electron chi connectivity index (χ1n) is 15.9. The van der Waals surface area contributed by atoms with Crippen LogP contribution >= 0.6 is 0 Å². The van der Waals surface area contributed by atoms with Crippen molar-refractivity contribution in [1.29, 1.82) is 0 Å². The maximum Gasteiger partial charge on any atom is 0.490 e. The van der Waals surface area contributed by atoms with Gasteiger partial charge in [0.25, 0.3) is 0 Å². The number of aliphatic hydroxyl groups excluding tert-OH is 2. The molecule has 15 nitrogen and oxygen atoms in total. The molecule has 0 radical (unpaired) electrons. The van der Waals surface area contributed by atoms with Crippen molar-refractivity contribution in [3.05, 3.63) is 72.1 Å². The number of aromatic nitrogens is 4. The molecule has 1 fully saturated rings. The number of sulfonamides is 1. The second-order valence-electron chi connectivity index (χ2n) is 12.0. The molecule has 1 aliphatic carbocycles. The highest BCUT2D eigenvalue weighted by Crippen LogP contribution is 2.34. The number of nitrogens with two attached hydrogens (primary N) is 1. The largest absolute Gasteiger partial charge is 0.490 e. The zero-order chi connectivity index (χ0) is 36.9. The number of rotatable bonds is 14. The standard InChI is InChI=1S/C32H37F3N8O7S/c1-2-24(44)40-22-15-23(27(46)26(22)45)43-17-38-25-28(37-13-12-18-8-10-21(11-9-18)51(36,48)49)41-31(42-29(25)43)39-20(14-19-6-4-3-5-7-19)16-50-30(47)32(33,34)35/h3-11,17,20,22-23,26-27,45-46H,2,12-16H2,1H3,(H,40,44)(H2,36,48,49)(H2,37,39,41,42)/t20-,22-,23+,26+,27-/m0/s1. The SMILES string of the molecule is CCC(=O)N[C@H]1C[C@@H](n2cnc3c(NCCc4ccc(S(N)(=O)=O)cc4)nc(N[C@H](COC(=O)C(F)(F)F)Cc4ccccc4)nc32)[C@H](O)[C@@H]1O. The van der Waals surface area contributed by atoms with Crippen LogP contribution in [0.1, 0.15) is 36.9 Å². The maximum absolute atomic E-state index is 13.0. The first-order chi connectivity index (χ1) is 24.1. The number of anilines is 2. The summed E-state index contributed by atoms with van der Waals surface area (Å²) in [7, 11) is -3.87. The van der Waals surface area contributed by atoms with Gasteiger partial charge in [0.15, 0.2) is 17.0 Å². The summed E-state index contributed by atoms with van der Waals surface area (Å²) in [5, 5.41) is 35.8. The number of benzene rings is 2. The number of carbonyl (C=O) groups excluding carboxylic acids is 2. The molecule has 2 aromatic carbocycles. The zero-order valence-corrected chi connectivity index (χ0v) is 28.1. The number of alkyl halides is 3. The molecule has 1 saturated carbocycles. The first kappa shape index (κ1) is 37.4. The predicted molar refractivity (Wildman–Crippen MR) is 178 cm³/mol. The van der Waals surface area contributed by atoms with Crippen LogP contribution in [0.3, 0.4) is 0 Å². The number of primary sulfonamides is 1. The minimum Gasteiger partial charge on any atom is -0.457 e. The first-order valence-corrected chi connectivity index (χ1v) is 17.5. The van der Waals surface area contributed by atoms with Gasteiger partial charge in [-0.15, -0.1) is 0 Å². The molecule has 274 valence electrons. The van der Waals surface area contributed by atoms with Crippen molar-refractivity contribution >= 4 is 44.8 Å². The normalized spacial score (nSPS) is 19.8. The van der Waals surface area contributed by atoms with E-state index in [-0.39, 0.29) is 59.5 Å². The number of halogens is 3. The number of nitrogens with zero attached hydrogens (tertiary/aromatic N) is 4. The lowest BCUT2D eigenvalue weighted by Gasteiger charge is -2.21. The van der Waals surface area contributed by atoms with Gasteiger partial charge < -0.3 is 35.5 Å². The van der Waals surface area contributed by atoms with Gasteiger partial charge in [-0.05, 0) is 42.5 Å². The molecule has 2 aromatic heterocycles. The number of aliphatic hydroxyl groups is 2. The second kappa shape index (κ2) is 15.6. The van der Waals surface area contributed by atoms with Crippen molar-refractivity contribution in [2.24, 2.45) is 5.14 Å². The number of amides is 1. The Kier molecular flexibility index (Phi) is 11.4. The lowest BCUT2D eigenvalue weighted by molar-refractivity contribution is -0.199. The molecule has 5 rings (SSSR count). The highest BCUT2D eigenvalue weighted by molar-refractivity contribution is 7.89. The van der Waals surface area contributed by atoms with Gasteiger partial charge in [0.2, 0.25) is 21.9 Å². The van der Waals surface area contributed by atoms with Crippen molar-refractivity contribution in [3.8, 4) is 0 Å². The van der Waals surface area contributed by atoms with Gasteiger partial charge in [0, 0.05) is 13.0 Å². The van der Waals surface area contributed by atoms with E-state index in [0.29, 0.717) is 6.42 Å². The van der Waals surface area contributed by atoms with Crippen LogP contribution in [0.25, 0.3) is 11.2 Å². The van der Waals surface area contributed by atoms with E-state index in [9.17, 15) is 41.4 Å². The summed E-state index contributed by atoms with van der Waals surface area (Å²) in [5.41, 5.74) is 1.94. The Bertz CT molecular complexity index is 1950. The molecular weight excluding hydrogens is 697 g/mol. The molecular formula is C32H37F3N8O7S. The van der Waals surface area contributed by atoms with Gasteiger partial charge in [-0.3, -0.25) is 4.79 Å². The van der Waals surface area contributed by atoms with E-state index in [1.165, 1.54) is 23.0 Å². The minimum absolute atomic E-state index is 0.0420. The van der Waals surface area contributed by atoms with Gasteiger partial charge in [-0.1, -0.05) is 49.4 Å². The van der Waals surface area contributed by atoms with Crippen LogP contribution in [0, 0.1) is 0 Å². The van der Waals surface area contributed by atoms with Crippen molar-refractivity contribution in [2.75, 3.05) is 23.8 Å². The molecule has 0 bridgehead atoms. The number of imidazole rings is 1. The van der Waals surface area contributed by atoms with Gasteiger partial charge in [0.05, 0.1) is 29.3 Å². The van der Waals surface area contributed by atoms with Gasteiger partial charge in [-0.25, -0.2) is 23.3 Å². The number of carbonyl (C=O) groups is 2. The second-order valence-corrected chi connectivity index (χ2v) is 13.6. The molecule has 0 saturated heterocycles. The summed E-state index contributed by atoms with van der Waals surface area (Å²) < 4.78 is 68.4. The molecule has 4 aromatic rings. The Morgan fingerprint density at radius 2 is 1.76 bits per heavy atom. The predicted octanol–water partition coefficient (Wildman–Crippen LogP) is 1.82. The Morgan fingerprint density at radius 3 is 2.41 bits per heavy atom. The van der Waals surface area contributed by atoms with Gasteiger partial charge in [0.1, 0.15) is 18.8 Å². The van der Waals surface area contributed by atoms with Gasteiger partial charge in [-0.2, -0.15) is 23.1 Å². The Balaban J connectivity index is 1.46. The average Bonchev–Trinajstić information content (AvgIpc) is 3.63. The van der Waals surface area contributed by atoms with E-state index in [0.717, 1.165) is 11.1 Å². The summed E-state index contributed by atoms with van der Waals surface area (Å²) in [5.74, 6) is -2.53. The van der Waals surface area contributed by atoms with E-state index < -0.39 is 59.1 Å². The number of esters is 1. The molecule has 1 aliphatic rings. The highest BCUT2D eigenvalue weighted by Gasteiger charge is 2.44. The lowest BCUT2D eigenvalue weighted by atomic mass is 10.1. The fraction of sp³-hybridized carbons (Fsp3) is 0.406. The Hall–Kier alpha value is -4.85. The smallest absolute Gasteiger partial charge is 0.457 e.